The van der Waals surface area contributed by atoms with Crippen LogP contribution < -0.4 is 5.32 Å². The van der Waals surface area contributed by atoms with Crippen molar-refractivity contribution in [2.24, 2.45) is 0 Å². The molecule has 4 aromatic rings. The number of allylic oxidation sites excluding steroid dienone is 3. The van der Waals surface area contributed by atoms with Gasteiger partial charge in [-0.2, -0.15) is 5.10 Å². The minimum atomic E-state index is -0.259. The molecule has 0 saturated heterocycles. The molecule has 2 aromatic carbocycles. The lowest BCUT2D eigenvalue weighted by Crippen LogP contribution is -2.28. The van der Waals surface area contributed by atoms with Crippen LogP contribution in [0.2, 0.25) is 0 Å². The van der Waals surface area contributed by atoms with Crippen LogP contribution in [0, 0.1) is 0 Å². The van der Waals surface area contributed by atoms with Gasteiger partial charge in [-0.3, -0.25) is 14.3 Å². The van der Waals surface area contributed by atoms with Gasteiger partial charge in [-0.15, -0.1) is 0 Å². The SMILES string of the molecule is CN(C)CCN(C)Cc1ccc2[nH]c(C3=CC(NC(=O)c4cnn(Cc5ccccc5)c4)=CCC3=O)cc2c1. The largest absolute Gasteiger partial charge is 0.354 e. The Hall–Kier alpha value is -4.27. The zero-order chi connectivity index (χ0) is 27.4. The average molecular weight is 523 g/mol. The van der Waals surface area contributed by atoms with Gasteiger partial charge in [0.2, 0.25) is 0 Å². The third-order valence-corrected chi connectivity index (χ3v) is 6.81. The quantitative estimate of drug-likeness (QED) is 0.328. The zero-order valence-corrected chi connectivity index (χ0v) is 22.6. The maximum atomic E-state index is 12.9. The molecule has 200 valence electrons. The van der Waals surface area contributed by atoms with Crippen molar-refractivity contribution in [1.29, 1.82) is 0 Å². The first-order chi connectivity index (χ1) is 18.8. The van der Waals surface area contributed by atoms with Crippen molar-refractivity contribution < 1.29 is 9.59 Å². The number of H-pyrrole nitrogens is 1. The number of benzene rings is 2. The molecule has 8 heteroatoms. The number of ketones is 1. The fraction of sp³-hybridized carbons (Fsp3) is 0.258. The number of nitrogens with one attached hydrogen (secondary N) is 2. The van der Waals surface area contributed by atoms with Gasteiger partial charge < -0.3 is 20.1 Å². The molecule has 0 radical (unpaired) electrons. The predicted octanol–water partition coefficient (Wildman–Crippen LogP) is 4.08. The van der Waals surface area contributed by atoms with Crippen LogP contribution in [-0.2, 0) is 17.9 Å². The van der Waals surface area contributed by atoms with Gasteiger partial charge in [-0.25, -0.2) is 0 Å². The smallest absolute Gasteiger partial charge is 0.258 e. The van der Waals surface area contributed by atoms with Gasteiger partial charge in [0.15, 0.2) is 5.78 Å². The Labute approximate surface area is 228 Å². The number of rotatable bonds is 10. The molecule has 2 heterocycles. The van der Waals surface area contributed by atoms with E-state index in [1.807, 2.05) is 36.4 Å². The third-order valence-electron chi connectivity index (χ3n) is 6.81. The molecular weight excluding hydrogens is 488 g/mol. The van der Waals surface area contributed by atoms with E-state index in [1.165, 1.54) is 5.56 Å². The second-order valence-corrected chi connectivity index (χ2v) is 10.4. The molecule has 2 N–H and O–H groups in total. The predicted molar refractivity (Wildman–Crippen MR) is 154 cm³/mol. The Bertz CT molecular complexity index is 1540. The van der Waals surface area contributed by atoms with Gasteiger partial charge in [0.05, 0.1) is 24.0 Å². The standard InChI is InChI=1S/C31H34N6O2/c1-35(2)13-14-36(3)19-23-9-11-28-24(15-23)16-29(34-28)27-17-26(10-12-30(27)38)33-31(39)25-18-32-37(21-25)20-22-7-5-4-6-8-22/h4-11,15-18,21,34H,12-14,19-20H2,1-3H3,(H,33,39). The summed E-state index contributed by atoms with van der Waals surface area (Å²) in [7, 11) is 6.28. The van der Waals surface area contributed by atoms with E-state index in [4.69, 9.17) is 0 Å². The molecule has 0 aliphatic heterocycles. The fourth-order valence-corrected chi connectivity index (χ4v) is 4.65. The molecule has 1 aliphatic rings. The molecule has 39 heavy (non-hydrogen) atoms. The first-order valence-electron chi connectivity index (χ1n) is 13.1. The number of nitrogens with zero attached hydrogens (tertiary/aromatic N) is 4. The van der Waals surface area contributed by atoms with Crippen LogP contribution in [-0.4, -0.2) is 70.5 Å². The van der Waals surface area contributed by atoms with Crippen LogP contribution in [0.3, 0.4) is 0 Å². The van der Waals surface area contributed by atoms with Gasteiger partial charge in [0, 0.05) is 54.4 Å². The molecule has 2 aromatic heterocycles. The van der Waals surface area contributed by atoms with E-state index in [9.17, 15) is 9.59 Å². The zero-order valence-electron chi connectivity index (χ0n) is 22.6. The number of aromatic nitrogens is 3. The molecule has 5 rings (SSSR count). The van der Waals surface area contributed by atoms with Crippen LogP contribution in [0.15, 0.2) is 84.8 Å². The van der Waals surface area contributed by atoms with E-state index in [-0.39, 0.29) is 18.1 Å². The van der Waals surface area contributed by atoms with Gasteiger partial charge in [0.25, 0.3) is 5.91 Å². The molecule has 0 spiro atoms. The fourth-order valence-electron chi connectivity index (χ4n) is 4.65. The van der Waals surface area contributed by atoms with Crippen molar-refractivity contribution in [1.82, 2.24) is 29.9 Å². The Morgan fingerprint density at radius 2 is 1.87 bits per heavy atom. The van der Waals surface area contributed by atoms with E-state index in [2.05, 4.69) is 64.5 Å². The molecule has 0 unspecified atom stereocenters. The summed E-state index contributed by atoms with van der Waals surface area (Å²) >= 11 is 0. The third kappa shape index (κ3) is 6.60. The molecule has 1 amide bonds. The number of Topliss-reactive ketones (excluding diaryl/α,β-unsaturated/α-hetero) is 1. The summed E-state index contributed by atoms with van der Waals surface area (Å²) in [4.78, 5) is 33.6. The van der Waals surface area contributed by atoms with Crippen LogP contribution in [0.25, 0.3) is 16.5 Å². The lowest BCUT2D eigenvalue weighted by molar-refractivity contribution is -0.113. The summed E-state index contributed by atoms with van der Waals surface area (Å²) in [5.41, 5.74) is 5.69. The Morgan fingerprint density at radius 1 is 1.05 bits per heavy atom. The van der Waals surface area contributed by atoms with E-state index in [1.54, 1.807) is 29.2 Å². The number of aromatic amines is 1. The number of likely N-dealkylation sites (N-methyl/N-ethyl adjacent to an activating group) is 2. The number of carbonyl (C=O) groups excluding carboxylic acids is 2. The highest BCUT2D eigenvalue weighted by molar-refractivity contribution is 6.23. The van der Waals surface area contributed by atoms with Crippen LogP contribution in [0.5, 0.6) is 0 Å². The van der Waals surface area contributed by atoms with E-state index >= 15 is 0 Å². The maximum absolute atomic E-state index is 12.9. The first kappa shape index (κ1) is 26.3. The van der Waals surface area contributed by atoms with Crippen LogP contribution in [0.4, 0.5) is 0 Å². The van der Waals surface area contributed by atoms with E-state index in [0.717, 1.165) is 41.8 Å². The minimum Gasteiger partial charge on any atom is -0.354 e. The molecule has 0 saturated carbocycles. The van der Waals surface area contributed by atoms with Gasteiger partial charge >= 0.3 is 0 Å². The second kappa shape index (κ2) is 11.6. The summed E-state index contributed by atoms with van der Waals surface area (Å²) in [5.74, 6) is -0.246. The van der Waals surface area contributed by atoms with Crippen LogP contribution in [0.1, 0.15) is 33.6 Å². The summed E-state index contributed by atoms with van der Waals surface area (Å²) in [6, 6.07) is 18.3. The summed E-state index contributed by atoms with van der Waals surface area (Å²) in [5, 5.41) is 8.32. The number of amides is 1. The molecule has 8 nitrogen and oxygen atoms in total. The Morgan fingerprint density at radius 3 is 2.67 bits per heavy atom. The Balaban J connectivity index is 1.27. The van der Waals surface area contributed by atoms with Crippen molar-refractivity contribution in [3.05, 3.63) is 107 Å². The summed E-state index contributed by atoms with van der Waals surface area (Å²) in [6.45, 7) is 3.43. The van der Waals surface area contributed by atoms with Crippen molar-refractivity contribution in [3.63, 3.8) is 0 Å². The van der Waals surface area contributed by atoms with Crippen molar-refractivity contribution >= 4 is 28.2 Å². The van der Waals surface area contributed by atoms with Gasteiger partial charge in [0.1, 0.15) is 0 Å². The maximum Gasteiger partial charge on any atom is 0.258 e. The van der Waals surface area contributed by atoms with Crippen molar-refractivity contribution in [3.8, 4) is 0 Å². The molecule has 0 bridgehead atoms. The molecule has 0 fully saturated rings. The van der Waals surface area contributed by atoms with Gasteiger partial charge in [-0.1, -0.05) is 42.5 Å². The summed E-state index contributed by atoms with van der Waals surface area (Å²) in [6.07, 6.45) is 7.02. The number of hydrogen-bond donors (Lipinski definition) is 2. The lowest BCUT2D eigenvalue weighted by atomic mass is 9.98. The molecule has 0 atom stereocenters. The van der Waals surface area contributed by atoms with Gasteiger partial charge in [-0.05, 0) is 56.5 Å². The summed E-state index contributed by atoms with van der Waals surface area (Å²) < 4.78 is 1.74. The highest BCUT2D eigenvalue weighted by atomic mass is 16.1. The van der Waals surface area contributed by atoms with Crippen molar-refractivity contribution in [2.45, 2.75) is 19.5 Å². The molecular formula is C31H34N6O2. The topological polar surface area (TPSA) is 86.3 Å². The van der Waals surface area contributed by atoms with Crippen LogP contribution >= 0.6 is 0 Å². The number of fused-ring (bicyclic) bond motifs is 1. The number of carbonyl (C=O) groups is 2. The number of hydrogen-bond acceptors (Lipinski definition) is 5. The minimum absolute atomic E-state index is 0.0129. The van der Waals surface area contributed by atoms with Crippen molar-refractivity contribution in [2.75, 3.05) is 34.2 Å². The lowest BCUT2D eigenvalue weighted by Gasteiger charge is -2.19. The first-order valence-corrected chi connectivity index (χ1v) is 13.1. The second-order valence-electron chi connectivity index (χ2n) is 10.4. The van der Waals surface area contributed by atoms with E-state index in [0.29, 0.717) is 23.4 Å². The normalized spacial score (nSPS) is 13.7. The highest BCUT2D eigenvalue weighted by Gasteiger charge is 2.20. The highest BCUT2D eigenvalue weighted by Crippen LogP contribution is 2.27. The Kier molecular flexibility index (Phi) is 7.86. The van der Waals surface area contributed by atoms with E-state index < -0.39 is 0 Å². The monoisotopic (exact) mass is 522 g/mol. The average Bonchev–Trinajstić information content (AvgIpc) is 3.56. The molecule has 1 aliphatic carbocycles.